The average molecular weight is 566 g/mol. The maximum atomic E-state index is 12.3. The summed E-state index contributed by atoms with van der Waals surface area (Å²) in [6.07, 6.45) is 19.1. The monoisotopic (exact) mass is 565 g/mol. The first-order valence-electron chi connectivity index (χ1n) is 15.0. The van der Waals surface area contributed by atoms with Crippen molar-refractivity contribution in [3.63, 3.8) is 0 Å². The van der Waals surface area contributed by atoms with Gasteiger partial charge in [0.25, 0.3) is 0 Å². The molecule has 0 aromatic rings. The Morgan fingerprint density at radius 3 is 1.63 bits per heavy atom. The fourth-order valence-electron chi connectivity index (χ4n) is 3.98. The van der Waals surface area contributed by atoms with Crippen molar-refractivity contribution in [2.24, 2.45) is 5.73 Å². The number of phosphoric ester groups is 1. The van der Waals surface area contributed by atoms with Crippen molar-refractivity contribution in [3.8, 4) is 0 Å². The van der Waals surface area contributed by atoms with E-state index in [9.17, 15) is 19.0 Å². The van der Waals surface area contributed by atoms with Gasteiger partial charge in [-0.2, -0.15) is 0 Å². The highest BCUT2D eigenvalue weighted by molar-refractivity contribution is 7.47. The number of hydrogen-bond donors (Lipinski definition) is 2. The van der Waals surface area contributed by atoms with Crippen molar-refractivity contribution in [2.75, 3.05) is 26.4 Å². The van der Waals surface area contributed by atoms with Crippen LogP contribution in [0, 0.1) is 0 Å². The van der Waals surface area contributed by atoms with Gasteiger partial charge < -0.3 is 20.1 Å². The zero-order valence-electron chi connectivity index (χ0n) is 24.2. The van der Waals surface area contributed by atoms with E-state index in [-0.39, 0.29) is 32.6 Å². The fraction of sp³-hybridized carbons (Fsp3) is 0.929. The summed E-state index contributed by atoms with van der Waals surface area (Å²) in [5, 5.41) is 0. The van der Waals surface area contributed by atoms with Gasteiger partial charge in [0.2, 0.25) is 0 Å². The summed E-state index contributed by atoms with van der Waals surface area (Å²) in [5.74, 6) is -0.846. The third-order valence-corrected chi connectivity index (χ3v) is 7.23. The first kappa shape index (κ1) is 37.0. The number of carbonyl (C=O) groups excluding carboxylic acids is 2. The molecular formula is C28H56NO8P. The SMILES string of the molecule is CCCCCCCCCCCCCCCC(=O)OC(COC(=O)CCCCCC)COP(=O)(O)OCCN. The number of ether oxygens (including phenoxy) is 2. The molecule has 0 bridgehead atoms. The van der Waals surface area contributed by atoms with Gasteiger partial charge >= 0.3 is 19.8 Å². The fourth-order valence-corrected chi connectivity index (χ4v) is 4.75. The van der Waals surface area contributed by atoms with E-state index in [2.05, 4.69) is 13.8 Å². The summed E-state index contributed by atoms with van der Waals surface area (Å²) < 4.78 is 32.2. The smallest absolute Gasteiger partial charge is 0.462 e. The van der Waals surface area contributed by atoms with E-state index in [1.807, 2.05) is 0 Å². The van der Waals surface area contributed by atoms with Gasteiger partial charge in [-0.25, -0.2) is 4.57 Å². The molecule has 0 amide bonds. The third kappa shape index (κ3) is 25.3. The lowest BCUT2D eigenvalue weighted by Crippen LogP contribution is -2.29. The minimum atomic E-state index is -4.34. The Balaban J connectivity index is 4.21. The molecular weight excluding hydrogens is 509 g/mol. The second-order valence-electron chi connectivity index (χ2n) is 9.98. The second-order valence-corrected chi connectivity index (χ2v) is 11.4. The van der Waals surface area contributed by atoms with E-state index in [1.54, 1.807) is 0 Å². The standard InChI is InChI=1S/C28H56NO8P/c1-3-5-7-9-10-11-12-13-14-15-16-17-19-21-28(31)37-26(25-36-38(32,33)35-23-22-29)24-34-27(30)20-18-8-6-4-2/h26H,3-25,29H2,1-2H3,(H,32,33). The highest BCUT2D eigenvalue weighted by Crippen LogP contribution is 2.43. The molecule has 0 aromatic carbocycles. The molecule has 0 heterocycles. The summed E-state index contributed by atoms with van der Waals surface area (Å²) in [6.45, 7) is 3.57. The molecule has 2 atom stereocenters. The predicted molar refractivity (Wildman–Crippen MR) is 151 cm³/mol. The summed E-state index contributed by atoms with van der Waals surface area (Å²) >= 11 is 0. The van der Waals surface area contributed by atoms with E-state index in [0.29, 0.717) is 6.42 Å². The minimum absolute atomic E-state index is 0.0566. The molecule has 0 aliphatic heterocycles. The van der Waals surface area contributed by atoms with Crippen LogP contribution in [0.1, 0.15) is 136 Å². The first-order chi connectivity index (χ1) is 18.3. The van der Waals surface area contributed by atoms with E-state index < -0.39 is 32.5 Å². The van der Waals surface area contributed by atoms with Gasteiger partial charge in [-0.1, -0.05) is 110 Å². The molecule has 0 spiro atoms. The van der Waals surface area contributed by atoms with Crippen LogP contribution >= 0.6 is 7.82 Å². The molecule has 0 rings (SSSR count). The molecule has 0 fully saturated rings. The Morgan fingerprint density at radius 1 is 0.684 bits per heavy atom. The van der Waals surface area contributed by atoms with Gasteiger partial charge in [-0.05, 0) is 12.8 Å². The molecule has 38 heavy (non-hydrogen) atoms. The molecule has 3 N–H and O–H groups in total. The van der Waals surface area contributed by atoms with Crippen LogP contribution in [0.2, 0.25) is 0 Å². The van der Waals surface area contributed by atoms with E-state index >= 15 is 0 Å². The summed E-state index contributed by atoms with van der Waals surface area (Å²) in [4.78, 5) is 34.1. The lowest BCUT2D eigenvalue weighted by molar-refractivity contribution is -0.161. The van der Waals surface area contributed by atoms with E-state index in [0.717, 1.165) is 38.5 Å². The second kappa shape index (κ2) is 26.2. The number of unbranched alkanes of at least 4 members (excludes halogenated alkanes) is 15. The molecule has 0 aliphatic rings. The Labute approximate surface area is 231 Å². The zero-order chi connectivity index (χ0) is 28.3. The number of phosphoric acid groups is 1. The molecule has 0 aromatic heterocycles. The average Bonchev–Trinajstić information content (AvgIpc) is 2.89. The van der Waals surface area contributed by atoms with Gasteiger partial charge in [0.15, 0.2) is 6.10 Å². The maximum Gasteiger partial charge on any atom is 0.472 e. The molecule has 0 radical (unpaired) electrons. The first-order valence-corrected chi connectivity index (χ1v) is 16.5. The number of carbonyl (C=O) groups is 2. The van der Waals surface area contributed by atoms with Crippen molar-refractivity contribution in [1.82, 2.24) is 0 Å². The van der Waals surface area contributed by atoms with Crippen LogP contribution in [0.4, 0.5) is 0 Å². The van der Waals surface area contributed by atoms with Crippen molar-refractivity contribution in [2.45, 2.75) is 142 Å². The molecule has 2 unspecified atom stereocenters. The molecule has 0 saturated heterocycles. The topological polar surface area (TPSA) is 134 Å². The Kier molecular flexibility index (Phi) is 25.6. The van der Waals surface area contributed by atoms with Crippen molar-refractivity contribution >= 4 is 19.8 Å². The number of nitrogens with two attached hydrogens (primary N) is 1. The van der Waals surface area contributed by atoms with Gasteiger partial charge in [0, 0.05) is 19.4 Å². The lowest BCUT2D eigenvalue weighted by Gasteiger charge is -2.19. The summed E-state index contributed by atoms with van der Waals surface area (Å²) in [5.41, 5.74) is 5.28. The molecule has 10 heteroatoms. The quantitative estimate of drug-likeness (QED) is 0.0585. The number of rotatable bonds is 28. The van der Waals surface area contributed by atoms with Crippen LogP contribution in [0.5, 0.6) is 0 Å². The molecule has 9 nitrogen and oxygen atoms in total. The lowest BCUT2D eigenvalue weighted by atomic mass is 10.0. The van der Waals surface area contributed by atoms with Gasteiger partial charge in [0.1, 0.15) is 6.61 Å². The van der Waals surface area contributed by atoms with Crippen LogP contribution in [0.15, 0.2) is 0 Å². The van der Waals surface area contributed by atoms with Crippen LogP contribution in [-0.4, -0.2) is 49.3 Å². The van der Waals surface area contributed by atoms with Gasteiger partial charge in [0.05, 0.1) is 13.2 Å². The van der Waals surface area contributed by atoms with Gasteiger partial charge in [-0.3, -0.25) is 18.6 Å². The van der Waals surface area contributed by atoms with Crippen LogP contribution in [0.25, 0.3) is 0 Å². The number of hydrogen-bond acceptors (Lipinski definition) is 8. The molecule has 226 valence electrons. The Morgan fingerprint density at radius 2 is 1.13 bits per heavy atom. The van der Waals surface area contributed by atoms with Gasteiger partial charge in [-0.15, -0.1) is 0 Å². The van der Waals surface area contributed by atoms with E-state index in [4.69, 9.17) is 24.3 Å². The largest absolute Gasteiger partial charge is 0.472 e. The van der Waals surface area contributed by atoms with Crippen molar-refractivity contribution in [3.05, 3.63) is 0 Å². The predicted octanol–water partition coefficient (Wildman–Crippen LogP) is 6.99. The highest BCUT2D eigenvalue weighted by Gasteiger charge is 2.25. The Hall–Kier alpha value is -0.990. The normalized spacial score (nSPS) is 13.7. The molecule has 0 saturated carbocycles. The molecule has 0 aliphatic carbocycles. The minimum Gasteiger partial charge on any atom is -0.462 e. The van der Waals surface area contributed by atoms with E-state index in [1.165, 1.54) is 64.2 Å². The van der Waals surface area contributed by atoms with Crippen molar-refractivity contribution < 1.29 is 37.6 Å². The number of esters is 2. The van der Waals surface area contributed by atoms with Crippen molar-refractivity contribution in [1.29, 1.82) is 0 Å². The zero-order valence-corrected chi connectivity index (χ0v) is 25.1. The van der Waals surface area contributed by atoms with Crippen LogP contribution in [-0.2, 0) is 32.7 Å². The van der Waals surface area contributed by atoms with Crippen LogP contribution in [0.3, 0.4) is 0 Å². The third-order valence-electron chi connectivity index (χ3n) is 6.24. The summed E-state index contributed by atoms with van der Waals surface area (Å²) in [7, 11) is -4.34. The van der Waals surface area contributed by atoms with Crippen LogP contribution < -0.4 is 5.73 Å². The Bertz CT molecular complexity index is 620. The highest BCUT2D eigenvalue weighted by atomic mass is 31.2. The maximum absolute atomic E-state index is 12.3. The summed E-state index contributed by atoms with van der Waals surface area (Å²) in [6, 6.07) is 0.